The summed E-state index contributed by atoms with van der Waals surface area (Å²) in [5.41, 5.74) is 0.761. The van der Waals surface area contributed by atoms with E-state index < -0.39 is 33.8 Å². The first-order valence-electron chi connectivity index (χ1n) is 8.98. The van der Waals surface area contributed by atoms with Crippen LogP contribution in [0.4, 0.5) is 14.5 Å². The van der Waals surface area contributed by atoms with Crippen molar-refractivity contribution in [3.05, 3.63) is 59.2 Å². The fourth-order valence-electron chi connectivity index (χ4n) is 3.03. The first-order valence-corrected chi connectivity index (χ1v) is 10.5. The van der Waals surface area contributed by atoms with Gasteiger partial charge >= 0.3 is 0 Å². The van der Waals surface area contributed by atoms with Gasteiger partial charge in [-0.25, -0.2) is 8.78 Å². The Hall–Kier alpha value is -2.56. The van der Waals surface area contributed by atoms with Gasteiger partial charge in [0, 0.05) is 29.8 Å². The summed E-state index contributed by atoms with van der Waals surface area (Å²) in [5, 5.41) is 2.49. The molecule has 0 spiro atoms. The van der Waals surface area contributed by atoms with Crippen molar-refractivity contribution in [3.63, 3.8) is 0 Å². The van der Waals surface area contributed by atoms with Gasteiger partial charge in [-0.3, -0.25) is 4.79 Å². The van der Waals surface area contributed by atoms with Crippen LogP contribution in [-0.4, -0.2) is 27.0 Å². The largest absolute Gasteiger partial charge is 0.492 e. The maximum Gasteiger partial charge on any atom is 0.277 e. The Morgan fingerprint density at radius 3 is 2.62 bits per heavy atom. The highest BCUT2D eigenvalue weighted by Crippen LogP contribution is 2.35. The monoisotopic (exact) mass is 425 g/mol. The number of para-hydroxylation sites is 1. The molecule has 0 fully saturated rings. The zero-order chi connectivity index (χ0) is 21.2. The molecular weight excluding hydrogens is 404 g/mol. The first kappa shape index (κ1) is 21.2. The van der Waals surface area contributed by atoms with Gasteiger partial charge in [0.05, 0.1) is 18.2 Å². The summed E-state index contributed by atoms with van der Waals surface area (Å²) in [6, 6.07) is 6.95. The predicted octanol–water partition coefficient (Wildman–Crippen LogP) is 2.87. The molecule has 1 unspecified atom stereocenters. The second-order valence-corrected chi connectivity index (χ2v) is 8.37. The number of carbonyl (C=O) groups excluding carboxylic acids is 1. The number of benzene rings is 2. The Kier molecular flexibility index (Phi) is 6.15. The number of halogens is 2. The second kappa shape index (κ2) is 8.44. The van der Waals surface area contributed by atoms with Crippen LogP contribution in [0.15, 0.2) is 36.4 Å². The zero-order valence-corrected chi connectivity index (χ0v) is 16.6. The number of rotatable bonds is 6. The molecule has 1 amide bonds. The van der Waals surface area contributed by atoms with E-state index in [2.05, 4.69) is 14.8 Å². The summed E-state index contributed by atoms with van der Waals surface area (Å²) in [5.74, 6) is -2.44. The van der Waals surface area contributed by atoms with Crippen molar-refractivity contribution >= 4 is 21.8 Å². The second-order valence-electron chi connectivity index (χ2n) is 6.89. The Morgan fingerprint density at radius 2 is 1.93 bits per heavy atom. The van der Waals surface area contributed by atoms with Crippen LogP contribution in [0.25, 0.3) is 0 Å². The minimum atomic E-state index is -3.75. The zero-order valence-electron chi connectivity index (χ0n) is 15.8. The lowest BCUT2D eigenvalue weighted by Crippen LogP contribution is -2.43. The van der Waals surface area contributed by atoms with E-state index in [1.807, 2.05) is 0 Å². The lowest BCUT2D eigenvalue weighted by molar-refractivity contribution is 0.102. The third-order valence-electron chi connectivity index (χ3n) is 4.18. The molecule has 0 aliphatic carbocycles. The summed E-state index contributed by atoms with van der Waals surface area (Å²) < 4.78 is 61.6. The number of hydrogen-bond donors (Lipinski definition) is 3. The third-order valence-corrected chi connectivity index (χ3v) is 5.56. The molecule has 29 heavy (non-hydrogen) atoms. The quantitative estimate of drug-likeness (QED) is 0.663. The smallest absolute Gasteiger partial charge is 0.277 e. The van der Waals surface area contributed by atoms with Crippen LogP contribution in [0.5, 0.6) is 5.75 Å². The Labute approximate surface area is 167 Å². The molecule has 1 aliphatic rings. The summed E-state index contributed by atoms with van der Waals surface area (Å²) >= 11 is 0. The number of carbonyl (C=O) groups is 1. The fraction of sp³-hybridized carbons (Fsp3) is 0.316. The van der Waals surface area contributed by atoms with Gasteiger partial charge < -0.3 is 10.1 Å². The van der Waals surface area contributed by atoms with Gasteiger partial charge in [-0.2, -0.15) is 17.9 Å². The molecule has 1 aliphatic heterocycles. The van der Waals surface area contributed by atoms with Gasteiger partial charge in [0.2, 0.25) is 0 Å². The minimum Gasteiger partial charge on any atom is -0.492 e. The highest BCUT2D eigenvalue weighted by Gasteiger charge is 2.29. The van der Waals surface area contributed by atoms with Crippen LogP contribution in [-0.2, 0) is 10.2 Å². The van der Waals surface area contributed by atoms with Crippen molar-refractivity contribution in [2.45, 2.75) is 32.4 Å². The molecular formula is C19H21F2N3O4S. The van der Waals surface area contributed by atoms with Crippen LogP contribution in [0.2, 0.25) is 0 Å². The summed E-state index contributed by atoms with van der Waals surface area (Å²) in [7, 11) is -3.75. The molecule has 0 saturated carbocycles. The number of fused-ring (bicyclic) bond motifs is 1. The average molecular weight is 425 g/mol. The molecule has 2 aromatic carbocycles. The molecule has 10 heteroatoms. The van der Waals surface area contributed by atoms with Crippen molar-refractivity contribution in [1.29, 1.82) is 0 Å². The Balaban J connectivity index is 1.85. The van der Waals surface area contributed by atoms with E-state index in [-0.39, 0.29) is 29.6 Å². The van der Waals surface area contributed by atoms with Gasteiger partial charge in [0.25, 0.3) is 16.1 Å². The molecule has 156 valence electrons. The van der Waals surface area contributed by atoms with E-state index in [1.54, 1.807) is 26.0 Å². The molecule has 0 saturated heterocycles. The summed E-state index contributed by atoms with van der Waals surface area (Å²) in [6.45, 7) is 3.62. The average Bonchev–Trinajstić information content (AvgIpc) is 2.63. The number of anilines is 1. The third kappa shape index (κ3) is 5.08. The maximum absolute atomic E-state index is 13.4. The fourth-order valence-corrected chi connectivity index (χ4v) is 4.34. The number of amides is 1. The molecule has 0 bridgehead atoms. The van der Waals surface area contributed by atoms with Crippen LogP contribution >= 0.6 is 0 Å². The molecule has 0 aromatic heterocycles. The number of hydrogen-bond acceptors (Lipinski definition) is 4. The van der Waals surface area contributed by atoms with E-state index >= 15 is 0 Å². The van der Waals surface area contributed by atoms with E-state index in [4.69, 9.17) is 4.74 Å². The lowest BCUT2D eigenvalue weighted by atomic mass is 9.98. The highest BCUT2D eigenvalue weighted by molar-refractivity contribution is 7.87. The minimum absolute atomic E-state index is 0.0840. The van der Waals surface area contributed by atoms with E-state index in [1.165, 1.54) is 12.1 Å². The molecule has 1 atom stereocenters. The van der Waals surface area contributed by atoms with Crippen LogP contribution < -0.4 is 19.5 Å². The normalized spacial score (nSPS) is 16.2. The van der Waals surface area contributed by atoms with Gasteiger partial charge in [-0.1, -0.05) is 12.1 Å². The predicted molar refractivity (Wildman–Crippen MR) is 104 cm³/mol. The molecule has 7 nitrogen and oxygen atoms in total. The highest BCUT2D eigenvalue weighted by atomic mass is 32.2. The van der Waals surface area contributed by atoms with Crippen LogP contribution in [0, 0.1) is 11.6 Å². The van der Waals surface area contributed by atoms with Crippen molar-refractivity contribution in [1.82, 2.24) is 9.44 Å². The van der Waals surface area contributed by atoms with Gasteiger partial charge in [0.15, 0.2) is 11.6 Å². The van der Waals surface area contributed by atoms with Crippen LogP contribution in [0.1, 0.15) is 42.2 Å². The van der Waals surface area contributed by atoms with Gasteiger partial charge in [-0.05, 0) is 32.0 Å². The van der Waals surface area contributed by atoms with E-state index in [0.29, 0.717) is 12.0 Å². The van der Waals surface area contributed by atoms with E-state index in [0.717, 1.165) is 12.1 Å². The molecule has 3 rings (SSSR count). The maximum atomic E-state index is 13.4. The molecule has 0 radical (unpaired) electrons. The number of ether oxygens (including phenoxy) is 1. The first-order chi connectivity index (χ1) is 13.7. The van der Waals surface area contributed by atoms with Crippen molar-refractivity contribution in [3.8, 4) is 5.75 Å². The summed E-state index contributed by atoms with van der Waals surface area (Å²) in [4.78, 5) is 12.7. The van der Waals surface area contributed by atoms with Crippen LogP contribution in [0.3, 0.4) is 0 Å². The lowest BCUT2D eigenvalue weighted by Gasteiger charge is -2.28. The van der Waals surface area contributed by atoms with Crippen molar-refractivity contribution in [2.24, 2.45) is 0 Å². The van der Waals surface area contributed by atoms with Crippen molar-refractivity contribution in [2.75, 3.05) is 11.9 Å². The topological polar surface area (TPSA) is 96.5 Å². The molecule has 1 heterocycles. The Morgan fingerprint density at radius 1 is 1.17 bits per heavy atom. The standard InChI is InChI=1S/C19H21F2N3O4S/c1-11(2)23-29(26,27)24-17-8-9-28-18-13(17)4-3-5-14(18)19(25)22-12-6-7-15(20)16(21)10-12/h3-7,10-11,17,23-24H,8-9H2,1-2H3,(H,22,25). The van der Waals surface area contributed by atoms with E-state index in [9.17, 15) is 22.0 Å². The van der Waals surface area contributed by atoms with Gasteiger partial charge in [-0.15, -0.1) is 0 Å². The number of nitrogens with one attached hydrogen (secondary N) is 3. The molecule has 2 aromatic rings. The SMILES string of the molecule is CC(C)NS(=O)(=O)NC1CCOc2c(C(=O)Nc3ccc(F)c(F)c3)cccc21. The molecule has 3 N–H and O–H groups in total. The summed E-state index contributed by atoms with van der Waals surface area (Å²) in [6.07, 6.45) is 0.389. The van der Waals surface area contributed by atoms with Gasteiger partial charge in [0.1, 0.15) is 5.75 Å². The Bertz CT molecular complexity index is 1030. The van der Waals surface area contributed by atoms with Crippen molar-refractivity contribution < 1.29 is 26.7 Å².